The normalized spacial score (nSPS) is 17.0. The van der Waals surface area contributed by atoms with Gasteiger partial charge in [0.1, 0.15) is 17.2 Å². The maximum absolute atomic E-state index is 12.8. The van der Waals surface area contributed by atoms with Gasteiger partial charge < -0.3 is 14.2 Å². The molecule has 0 aromatic carbocycles. The first-order valence-electron chi connectivity index (χ1n) is 7.78. The molecule has 1 aliphatic rings. The number of hydrogen-bond donors (Lipinski definition) is 0. The number of rotatable bonds is 5. The van der Waals surface area contributed by atoms with Gasteiger partial charge in [-0.1, -0.05) is 16.8 Å². The van der Waals surface area contributed by atoms with Crippen molar-refractivity contribution in [3.05, 3.63) is 45.0 Å². The monoisotopic (exact) mass is 366 g/mol. The van der Waals surface area contributed by atoms with E-state index in [-0.39, 0.29) is 11.9 Å². The van der Waals surface area contributed by atoms with Crippen LogP contribution in [0.15, 0.2) is 33.8 Å². The van der Waals surface area contributed by atoms with Crippen molar-refractivity contribution in [3.63, 3.8) is 0 Å². The van der Waals surface area contributed by atoms with E-state index in [1.165, 1.54) is 11.3 Å². The second-order valence-corrected chi connectivity index (χ2v) is 7.73. The van der Waals surface area contributed by atoms with E-state index < -0.39 is 6.10 Å². The third-order valence-electron chi connectivity index (χ3n) is 3.83. The first kappa shape index (κ1) is 17.0. The van der Waals surface area contributed by atoms with E-state index in [0.29, 0.717) is 17.3 Å². The molecule has 1 atom stereocenters. The van der Waals surface area contributed by atoms with E-state index in [4.69, 9.17) is 20.9 Å². The van der Waals surface area contributed by atoms with Crippen LogP contribution < -0.4 is 0 Å². The van der Waals surface area contributed by atoms with Gasteiger partial charge in [-0.2, -0.15) is 0 Å². The molecule has 0 spiro atoms. The molecular weight excluding hydrogens is 348 g/mol. The van der Waals surface area contributed by atoms with Crippen LogP contribution >= 0.6 is 22.9 Å². The van der Waals surface area contributed by atoms with Gasteiger partial charge in [-0.05, 0) is 45.0 Å². The van der Waals surface area contributed by atoms with Crippen molar-refractivity contribution in [1.29, 1.82) is 0 Å². The summed E-state index contributed by atoms with van der Waals surface area (Å²) in [7, 11) is 0. The van der Waals surface area contributed by atoms with Gasteiger partial charge in [0.05, 0.1) is 15.8 Å². The summed E-state index contributed by atoms with van der Waals surface area (Å²) >= 11 is 7.39. The molecular formula is C17H19ClN2O3S. The molecule has 7 heteroatoms. The van der Waals surface area contributed by atoms with Gasteiger partial charge in [0.2, 0.25) is 6.10 Å². The number of halogens is 1. The number of hydrogen-bond acceptors (Lipinski definition) is 5. The fourth-order valence-corrected chi connectivity index (χ4v) is 3.60. The average Bonchev–Trinajstić information content (AvgIpc) is 3.24. The maximum atomic E-state index is 12.8. The summed E-state index contributed by atoms with van der Waals surface area (Å²) in [5, 5.41) is 4.07. The summed E-state index contributed by atoms with van der Waals surface area (Å²) in [4.78, 5) is 20.9. The molecule has 0 N–H and O–H groups in total. The molecule has 3 heterocycles. The molecule has 0 saturated heterocycles. The predicted octanol–water partition coefficient (Wildman–Crippen LogP) is 4.23. The molecule has 1 amide bonds. The number of amides is 1. The molecule has 3 rings (SSSR count). The quantitative estimate of drug-likeness (QED) is 0.795. The standard InChI is InChI=1S/C17H19ClN2O3S/c1-10(2)20(9-12-5-4-11(3)22-12)17(21)14-8-13(19-23-14)15-6-7-16(18)24-15/h4-7,10,14H,8-9H2,1-3H3/t14-/m1/s1. The highest BCUT2D eigenvalue weighted by Gasteiger charge is 2.34. The zero-order valence-corrected chi connectivity index (χ0v) is 15.4. The largest absolute Gasteiger partial charge is 0.464 e. The van der Waals surface area contributed by atoms with Crippen molar-refractivity contribution < 1.29 is 14.0 Å². The van der Waals surface area contributed by atoms with Crippen LogP contribution in [0.2, 0.25) is 4.34 Å². The lowest BCUT2D eigenvalue weighted by Crippen LogP contribution is -2.42. The van der Waals surface area contributed by atoms with Crippen LogP contribution in [0.3, 0.4) is 0 Å². The minimum absolute atomic E-state index is 0.0340. The summed E-state index contributed by atoms with van der Waals surface area (Å²) in [6.45, 7) is 6.26. The second kappa shape index (κ2) is 6.99. The highest BCUT2D eigenvalue weighted by Crippen LogP contribution is 2.27. The van der Waals surface area contributed by atoms with Crippen LogP contribution in [0, 0.1) is 6.92 Å². The average molecular weight is 367 g/mol. The Morgan fingerprint density at radius 3 is 2.79 bits per heavy atom. The smallest absolute Gasteiger partial charge is 0.267 e. The van der Waals surface area contributed by atoms with E-state index in [9.17, 15) is 4.79 Å². The van der Waals surface area contributed by atoms with Gasteiger partial charge in [-0.15, -0.1) is 11.3 Å². The summed E-state index contributed by atoms with van der Waals surface area (Å²) in [6.07, 6.45) is -0.143. The Kier molecular flexibility index (Phi) is 4.96. The minimum Gasteiger partial charge on any atom is -0.464 e. The second-order valence-electron chi connectivity index (χ2n) is 6.01. The van der Waals surface area contributed by atoms with Gasteiger partial charge in [0.25, 0.3) is 5.91 Å². The fourth-order valence-electron chi connectivity index (χ4n) is 2.56. The summed E-state index contributed by atoms with van der Waals surface area (Å²) in [6, 6.07) is 7.54. The predicted molar refractivity (Wildman–Crippen MR) is 94.5 cm³/mol. The van der Waals surface area contributed by atoms with Crippen molar-refractivity contribution in [2.24, 2.45) is 5.16 Å². The zero-order valence-electron chi connectivity index (χ0n) is 13.8. The summed E-state index contributed by atoms with van der Waals surface area (Å²) < 4.78 is 6.29. The van der Waals surface area contributed by atoms with Crippen molar-refractivity contribution in [1.82, 2.24) is 4.90 Å². The van der Waals surface area contributed by atoms with Crippen molar-refractivity contribution in [2.75, 3.05) is 0 Å². The molecule has 5 nitrogen and oxygen atoms in total. The summed E-state index contributed by atoms with van der Waals surface area (Å²) in [5.74, 6) is 1.51. The molecule has 0 fully saturated rings. The van der Waals surface area contributed by atoms with E-state index in [0.717, 1.165) is 22.1 Å². The Balaban J connectivity index is 1.68. The van der Waals surface area contributed by atoms with E-state index in [1.807, 2.05) is 45.0 Å². The van der Waals surface area contributed by atoms with Gasteiger partial charge in [0, 0.05) is 12.5 Å². The Bertz CT molecular complexity index is 765. The van der Waals surface area contributed by atoms with Crippen LogP contribution in [-0.4, -0.2) is 28.7 Å². The number of carbonyl (C=O) groups excluding carboxylic acids is 1. The van der Waals surface area contributed by atoms with Gasteiger partial charge >= 0.3 is 0 Å². The Labute approximate surface area is 149 Å². The maximum Gasteiger partial charge on any atom is 0.267 e. The lowest BCUT2D eigenvalue weighted by molar-refractivity contribution is -0.144. The van der Waals surface area contributed by atoms with Crippen LogP contribution in [0.1, 0.15) is 36.7 Å². The van der Waals surface area contributed by atoms with Crippen molar-refractivity contribution in [3.8, 4) is 0 Å². The molecule has 2 aromatic heterocycles. The Morgan fingerprint density at radius 2 is 2.21 bits per heavy atom. The third kappa shape index (κ3) is 3.65. The van der Waals surface area contributed by atoms with Gasteiger partial charge in [-0.3, -0.25) is 4.79 Å². The van der Waals surface area contributed by atoms with E-state index in [1.54, 1.807) is 4.90 Å². The molecule has 128 valence electrons. The van der Waals surface area contributed by atoms with Gasteiger partial charge in [-0.25, -0.2) is 0 Å². The van der Waals surface area contributed by atoms with E-state index >= 15 is 0 Å². The highest BCUT2D eigenvalue weighted by atomic mass is 35.5. The van der Waals surface area contributed by atoms with Crippen LogP contribution in [0.5, 0.6) is 0 Å². The third-order valence-corrected chi connectivity index (χ3v) is 5.11. The fraction of sp³-hybridized carbons (Fsp3) is 0.412. The van der Waals surface area contributed by atoms with Crippen molar-refractivity contribution >= 4 is 34.6 Å². The van der Waals surface area contributed by atoms with Crippen LogP contribution in [-0.2, 0) is 16.2 Å². The number of carbonyl (C=O) groups is 1. The molecule has 1 aliphatic heterocycles. The molecule has 0 unspecified atom stereocenters. The molecule has 0 bridgehead atoms. The topological polar surface area (TPSA) is 55.0 Å². The zero-order chi connectivity index (χ0) is 17.3. The number of nitrogens with zero attached hydrogens (tertiary/aromatic N) is 2. The van der Waals surface area contributed by atoms with Crippen LogP contribution in [0.25, 0.3) is 0 Å². The molecule has 2 aromatic rings. The Hall–Kier alpha value is -1.79. The molecule has 24 heavy (non-hydrogen) atoms. The number of thiophene rings is 1. The molecule has 0 aliphatic carbocycles. The lowest BCUT2D eigenvalue weighted by Gasteiger charge is -2.27. The molecule has 0 saturated carbocycles. The van der Waals surface area contributed by atoms with Crippen molar-refractivity contribution in [2.45, 2.75) is 45.9 Å². The lowest BCUT2D eigenvalue weighted by atomic mass is 10.1. The van der Waals surface area contributed by atoms with Gasteiger partial charge in [0.15, 0.2) is 0 Å². The van der Waals surface area contributed by atoms with Crippen LogP contribution in [0.4, 0.5) is 0 Å². The van der Waals surface area contributed by atoms with E-state index in [2.05, 4.69) is 5.16 Å². The summed E-state index contributed by atoms with van der Waals surface area (Å²) in [5.41, 5.74) is 0.766. The number of oxime groups is 1. The molecule has 0 radical (unpaired) electrons. The minimum atomic E-state index is -0.598. The number of aryl methyl sites for hydroxylation is 1. The first-order chi connectivity index (χ1) is 11.4. The first-order valence-corrected chi connectivity index (χ1v) is 8.97. The highest BCUT2D eigenvalue weighted by molar-refractivity contribution is 7.18. The SMILES string of the molecule is Cc1ccc(CN(C(=O)[C@H]2CC(c3ccc(Cl)s3)=NO2)C(C)C)o1. The number of furan rings is 1. The Morgan fingerprint density at radius 1 is 1.42 bits per heavy atom.